The summed E-state index contributed by atoms with van der Waals surface area (Å²) in [7, 11) is 2.18. The number of carbonyl (C=O) groups excluding carboxylic acids is 1. The molecule has 2 atom stereocenters. The molecular weight excluding hydrogens is 298 g/mol. The van der Waals surface area contributed by atoms with Crippen molar-refractivity contribution in [3.63, 3.8) is 0 Å². The van der Waals surface area contributed by atoms with E-state index in [1.165, 1.54) is 31.2 Å². The maximum atomic E-state index is 12.2. The summed E-state index contributed by atoms with van der Waals surface area (Å²) >= 11 is 0. The van der Waals surface area contributed by atoms with Gasteiger partial charge >= 0.3 is 5.97 Å². The number of carbonyl (C=O) groups is 1. The van der Waals surface area contributed by atoms with Gasteiger partial charge in [0.05, 0.1) is 0 Å². The zero-order valence-corrected chi connectivity index (χ0v) is 15.6. The van der Waals surface area contributed by atoms with Crippen molar-refractivity contribution in [1.82, 2.24) is 4.90 Å². The van der Waals surface area contributed by atoms with Gasteiger partial charge in [0.2, 0.25) is 0 Å². The van der Waals surface area contributed by atoms with Crippen molar-refractivity contribution < 1.29 is 9.53 Å². The zero-order chi connectivity index (χ0) is 17.4. The predicted molar refractivity (Wildman–Crippen MR) is 98.9 cm³/mol. The van der Waals surface area contributed by atoms with Crippen molar-refractivity contribution in [3.8, 4) is 0 Å². The molecule has 0 spiro atoms. The summed E-state index contributed by atoms with van der Waals surface area (Å²) in [6.45, 7) is 6.09. The summed E-state index contributed by atoms with van der Waals surface area (Å²) in [5, 5.41) is 0. The fourth-order valence-electron chi connectivity index (χ4n) is 3.89. The van der Waals surface area contributed by atoms with Gasteiger partial charge in [-0.2, -0.15) is 0 Å². The Bertz CT molecular complexity index is 502. The highest BCUT2D eigenvalue weighted by Gasteiger charge is 2.46. The van der Waals surface area contributed by atoms with Crippen LogP contribution in [0.4, 0.5) is 0 Å². The summed E-state index contributed by atoms with van der Waals surface area (Å²) in [5.41, 5.74) is 0.716. The van der Waals surface area contributed by atoms with E-state index in [0.29, 0.717) is 12.3 Å². The van der Waals surface area contributed by atoms with E-state index >= 15 is 0 Å². The first-order chi connectivity index (χ1) is 11.6. The average molecular weight is 332 g/mol. The van der Waals surface area contributed by atoms with Gasteiger partial charge in [-0.25, -0.2) is 0 Å². The molecule has 1 fully saturated rings. The van der Waals surface area contributed by atoms with Crippen LogP contribution in [0, 0.1) is 5.92 Å². The van der Waals surface area contributed by atoms with Crippen LogP contribution in [0.2, 0.25) is 0 Å². The van der Waals surface area contributed by atoms with Crippen LogP contribution < -0.4 is 0 Å². The highest BCUT2D eigenvalue weighted by Crippen LogP contribution is 2.43. The molecule has 0 saturated carbocycles. The summed E-state index contributed by atoms with van der Waals surface area (Å²) in [5.74, 6) is 0.285. The largest absolute Gasteiger partial charge is 0.454 e. The molecule has 1 aromatic carbocycles. The van der Waals surface area contributed by atoms with Crippen LogP contribution in [0.3, 0.4) is 0 Å². The van der Waals surface area contributed by atoms with Gasteiger partial charge in [0, 0.05) is 31.8 Å². The molecule has 24 heavy (non-hydrogen) atoms. The lowest BCUT2D eigenvalue weighted by Gasteiger charge is -2.47. The Morgan fingerprint density at radius 1 is 1.21 bits per heavy atom. The molecular formula is C21H33NO2. The van der Waals surface area contributed by atoms with Gasteiger partial charge in [0.15, 0.2) is 0 Å². The molecule has 1 saturated heterocycles. The van der Waals surface area contributed by atoms with Crippen LogP contribution in [-0.4, -0.2) is 31.0 Å². The Kier molecular flexibility index (Phi) is 7.29. The highest BCUT2D eigenvalue weighted by atomic mass is 16.6. The average Bonchev–Trinajstić information content (AvgIpc) is 2.61. The molecule has 1 heterocycles. The summed E-state index contributed by atoms with van der Waals surface area (Å²) in [6, 6.07) is 10.4. The maximum Gasteiger partial charge on any atom is 0.306 e. The number of hydrogen-bond acceptors (Lipinski definition) is 3. The monoisotopic (exact) mass is 331 g/mol. The maximum absolute atomic E-state index is 12.2. The zero-order valence-electron chi connectivity index (χ0n) is 15.6. The third-order valence-corrected chi connectivity index (χ3v) is 5.31. The third kappa shape index (κ3) is 4.60. The van der Waals surface area contributed by atoms with Gasteiger partial charge in [-0.3, -0.25) is 4.79 Å². The second-order valence-electron chi connectivity index (χ2n) is 7.14. The molecule has 3 heteroatoms. The van der Waals surface area contributed by atoms with Crippen molar-refractivity contribution >= 4 is 5.97 Å². The SMILES string of the molecule is CCCCCC[C@H]1CN(C)CC[C@]1(OC(=O)CC)c1ccccc1. The highest BCUT2D eigenvalue weighted by molar-refractivity contribution is 5.69. The van der Waals surface area contributed by atoms with Crippen LogP contribution in [0.5, 0.6) is 0 Å². The number of rotatable bonds is 8. The van der Waals surface area contributed by atoms with Gasteiger partial charge in [-0.05, 0) is 19.0 Å². The molecule has 0 amide bonds. The fourth-order valence-corrected chi connectivity index (χ4v) is 3.89. The van der Waals surface area contributed by atoms with Crippen LogP contribution in [0.15, 0.2) is 30.3 Å². The van der Waals surface area contributed by atoms with E-state index in [1.807, 2.05) is 13.0 Å². The van der Waals surface area contributed by atoms with Crippen molar-refractivity contribution in [2.24, 2.45) is 5.92 Å². The second kappa shape index (κ2) is 9.22. The molecule has 0 N–H and O–H groups in total. The molecule has 134 valence electrons. The van der Waals surface area contributed by atoms with E-state index < -0.39 is 5.60 Å². The lowest BCUT2D eigenvalue weighted by molar-refractivity contribution is -0.176. The molecule has 1 aliphatic rings. The van der Waals surface area contributed by atoms with E-state index in [1.54, 1.807) is 0 Å². The topological polar surface area (TPSA) is 29.5 Å². The molecule has 2 rings (SSSR count). The van der Waals surface area contributed by atoms with Crippen LogP contribution >= 0.6 is 0 Å². The molecule has 0 unspecified atom stereocenters. The molecule has 0 radical (unpaired) electrons. The molecule has 1 aromatic rings. The number of piperidine rings is 1. The summed E-state index contributed by atoms with van der Waals surface area (Å²) in [6.07, 6.45) is 7.46. The van der Waals surface area contributed by atoms with Gasteiger partial charge in [-0.15, -0.1) is 0 Å². The van der Waals surface area contributed by atoms with Crippen LogP contribution in [0.25, 0.3) is 0 Å². The second-order valence-corrected chi connectivity index (χ2v) is 7.14. The van der Waals surface area contributed by atoms with E-state index in [4.69, 9.17) is 4.74 Å². The van der Waals surface area contributed by atoms with E-state index in [0.717, 1.165) is 25.9 Å². The molecule has 1 aliphatic heterocycles. The van der Waals surface area contributed by atoms with E-state index in [-0.39, 0.29) is 5.97 Å². The minimum absolute atomic E-state index is 0.0815. The summed E-state index contributed by atoms with van der Waals surface area (Å²) in [4.78, 5) is 14.6. The normalized spacial score (nSPS) is 24.7. The van der Waals surface area contributed by atoms with Gasteiger partial charge < -0.3 is 9.64 Å². The van der Waals surface area contributed by atoms with Crippen molar-refractivity contribution in [3.05, 3.63) is 35.9 Å². The van der Waals surface area contributed by atoms with Gasteiger partial charge in [-0.1, -0.05) is 69.9 Å². The number of esters is 1. The number of hydrogen-bond donors (Lipinski definition) is 0. The molecule has 0 aliphatic carbocycles. The number of ether oxygens (including phenoxy) is 1. The van der Waals surface area contributed by atoms with Crippen LogP contribution in [-0.2, 0) is 15.1 Å². The van der Waals surface area contributed by atoms with E-state index in [9.17, 15) is 4.79 Å². The smallest absolute Gasteiger partial charge is 0.306 e. The molecule has 3 nitrogen and oxygen atoms in total. The Hall–Kier alpha value is -1.35. The Morgan fingerprint density at radius 2 is 1.96 bits per heavy atom. The third-order valence-electron chi connectivity index (χ3n) is 5.31. The number of unbranched alkanes of at least 4 members (excludes halogenated alkanes) is 3. The fraction of sp³-hybridized carbons (Fsp3) is 0.667. The first-order valence-corrected chi connectivity index (χ1v) is 9.58. The van der Waals surface area contributed by atoms with Crippen molar-refractivity contribution in [2.75, 3.05) is 20.1 Å². The van der Waals surface area contributed by atoms with Crippen molar-refractivity contribution in [1.29, 1.82) is 0 Å². The minimum Gasteiger partial charge on any atom is -0.454 e. The Balaban J connectivity index is 2.27. The van der Waals surface area contributed by atoms with Gasteiger partial charge in [0.25, 0.3) is 0 Å². The minimum atomic E-state index is -0.451. The lowest BCUT2D eigenvalue weighted by Crippen LogP contribution is -2.51. The van der Waals surface area contributed by atoms with E-state index in [2.05, 4.69) is 43.1 Å². The molecule has 0 bridgehead atoms. The first kappa shape index (κ1) is 19.0. The van der Waals surface area contributed by atoms with Crippen LogP contribution in [0.1, 0.15) is 64.4 Å². The predicted octanol–water partition coefficient (Wildman–Crippen LogP) is 4.76. The number of nitrogens with zero attached hydrogens (tertiary/aromatic N) is 1. The van der Waals surface area contributed by atoms with Crippen molar-refractivity contribution in [2.45, 2.75) is 64.4 Å². The summed E-state index contributed by atoms with van der Waals surface area (Å²) < 4.78 is 6.17. The Labute approximate surface area is 147 Å². The first-order valence-electron chi connectivity index (χ1n) is 9.58. The number of benzene rings is 1. The van der Waals surface area contributed by atoms with Gasteiger partial charge in [0.1, 0.15) is 5.60 Å². The Morgan fingerprint density at radius 3 is 2.62 bits per heavy atom. The standard InChI is InChI=1S/C21H33NO2/c1-4-6-7-9-14-19-17-22(3)16-15-21(19,24-20(23)5-2)18-12-10-8-11-13-18/h8,10-13,19H,4-7,9,14-17H2,1-3H3/t19-,21-/m0/s1. The quantitative estimate of drug-likeness (QED) is 0.508. The number of likely N-dealkylation sites (tertiary alicyclic amines) is 1. The lowest BCUT2D eigenvalue weighted by atomic mass is 9.73. The molecule has 0 aromatic heterocycles.